The predicted molar refractivity (Wildman–Crippen MR) is 91.4 cm³/mol. The van der Waals surface area contributed by atoms with Gasteiger partial charge in [0.2, 0.25) is 5.91 Å². The maximum atomic E-state index is 12.7. The molecule has 1 aromatic rings. The fourth-order valence-corrected chi connectivity index (χ4v) is 2.74. The van der Waals surface area contributed by atoms with E-state index in [9.17, 15) is 14.4 Å². The zero-order chi connectivity index (χ0) is 18.1. The van der Waals surface area contributed by atoms with E-state index in [0.717, 1.165) is 10.5 Å². The number of carbonyl (C=O) groups excluding carboxylic acids is 3. The summed E-state index contributed by atoms with van der Waals surface area (Å²) in [6, 6.07) is 7.09. The molecule has 4 amide bonds. The van der Waals surface area contributed by atoms with Gasteiger partial charge in [0.1, 0.15) is 12.1 Å². The Morgan fingerprint density at radius 3 is 2.29 bits per heavy atom. The zero-order valence-corrected chi connectivity index (χ0v) is 14.9. The molecule has 1 aliphatic rings. The molecule has 130 valence electrons. The van der Waals surface area contributed by atoms with E-state index in [4.69, 9.17) is 0 Å². The maximum absolute atomic E-state index is 12.7. The van der Waals surface area contributed by atoms with E-state index >= 15 is 0 Å². The van der Waals surface area contributed by atoms with Crippen LogP contribution in [-0.4, -0.2) is 35.8 Å². The average molecular weight is 331 g/mol. The largest absolute Gasteiger partial charge is 0.355 e. The quantitative estimate of drug-likeness (QED) is 0.827. The van der Waals surface area contributed by atoms with Crippen molar-refractivity contribution in [2.24, 2.45) is 0 Å². The minimum absolute atomic E-state index is 0.00659. The van der Waals surface area contributed by atoms with Crippen LogP contribution in [0.5, 0.6) is 0 Å². The minimum Gasteiger partial charge on any atom is -0.355 e. The van der Waals surface area contributed by atoms with Gasteiger partial charge in [-0.05, 0) is 30.4 Å². The standard InChI is InChI=1S/C18H25N3O3/c1-6-19-14(22)11-21-15(23)18(5,20-16(21)24)13-9-7-12(8-10-13)17(2,3)4/h7-10H,6,11H2,1-5H3,(H,19,22)(H,20,24)/t18-/m1/s1. The summed E-state index contributed by atoms with van der Waals surface area (Å²) >= 11 is 0. The molecular formula is C18H25N3O3. The highest BCUT2D eigenvalue weighted by atomic mass is 16.2. The molecule has 0 bridgehead atoms. The molecule has 0 saturated carbocycles. The Labute approximate surface area is 142 Å². The van der Waals surface area contributed by atoms with Crippen molar-refractivity contribution in [1.82, 2.24) is 15.5 Å². The van der Waals surface area contributed by atoms with Crippen LogP contribution in [0.4, 0.5) is 4.79 Å². The van der Waals surface area contributed by atoms with Crippen molar-refractivity contribution >= 4 is 17.8 Å². The molecular weight excluding hydrogens is 306 g/mol. The van der Waals surface area contributed by atoms with Gasteiger partial charge in [-0.2, -0.15) is 0 Å². The first-order chi connectivity index (χ1) is 11.1. The molecule has 0 aliphatic carbocycles. The third kappa shape index (κ3) is 3.27. The molecule has 1 saturated heterocycles. The summed E-state index contributed by atoms with van der Waals surface area (Å²) in [5.74, 6) is -0.768. The summed E-state index contributed by atoms with van der Waals surface area (Å²) < 4.78 is 0. The van der Waals surface area contributed by atoms with Crippen LogP contribution in [-0.2, 0) is 20.5 Å². The van der Waals surface area contributed by atoms with Gasteiger partial charge in [-0.1, -0.05) is 45.0 Å². The van der Waals surface area contributed by atoms with E-state index < -0.39 is 17.5 Å². The SMILES string of the molecule is CCNC(=O)CN1C(=O)N[C@](C)(c2ccc(C(C)(C)C)cc2)C1=O. The second-order valence-corrected chi connectivity index (χ2v) is 7.23. The number of likely N-dealkylation sites (N-methyl/N-ethyl adjacent to an activating group) is 1. The fourth-order valence-electron chi connectivity index (χ4n) is 2.74. The van der Waals surface area contributed by atoms with Crippen molar-refractivity contribution in [2.45, 2.75) is 45.6 Å². The first-order valence-corrected chi connectivity index (χ1v) is 8.11. The lowest BCUT2D eigenvalue weighted by atomic mass is 9.84. The summed E-state index contributed by atoms with van der Waals surface area (Å²) in [6.45, 7) is 9.96. The normalized spacial score (nSPS) is 21.0. The van der Waals surface area contributed by atoms with Crippen LogP contribution in [0.25, 0.3) is 0 Å². The highest BCUT2D eigenvalue weighted by Gasteiger charge is 2.49. The van der Waals surface area contributed by atoms with E-state index in [1.54, 1.807) is 13.8 Å². The van der Waals surface area contributed by atoms with Gasteiger partial charge >= 0.3 is 6.03 Å². The number of benzene rings is 1. The van der Waals surface area contributed by atoms with Crippen molar-refractivity contribution < 1.29 is 14.4 Å². The number of nitrogens with one attached hydrogen (secondary N) is 2. The van der Waals surface area contributed by atoms with Crippen LogP contribution in [0.2, 0.25) is 0 Å². The maximum Gasteiger partial charge on any atom is 0.325 e. The smallest absolute Gasteiger partial charge is 0.325 e. The molecule has 1 heterocycles. The van der Waals surface area contributed by atoms with Gasteiger partial charge in [0.05, 0.1) is 0 Å². The molecule has 0 spiro atoms. The Morgan fingerprint density at radius 1 is 1.21 bits per heavy atom. The van der Waals surface area contributed by atoms with Gasteiger partial charge < -0.3 is 10.6 Å². The van der Waals surface area contributed by atoms with Crippen LogP contribution in [0.3, 0.4) is 0 Å². The van der Waals surface area contributed by atoms with Gasteiger partial charge in [-0.3, -0.25) is 14.5 Å². The summed E-state index contributed by atoms with van der Waals surface area (Å²) in [5, 5.41) is 5.30. The van der Waals surface area contributed by atoms with Crippen LogP contribution in [0.15, 0.2) is 24.3 Å². The topological polar surface area (TPSA) is 78.5 Å². The Balaban J connectivity index is 2.25. The molecule has 1 aromatic carbocycles. The number of amides is 4. The van der Waals surface area contributed by atoms with Crippen molar-refractivity contribution in [3.05, 3.63) is 35.4 Å². The van der Waals surface area contributed by atoms with Crippen LogP contribution in [0, 0.1) is 0 Å². The molecule has 0 radical (unpaired) electrons. The first-order valence-electron chi connectivity index (χ1n) is 8.11. The van der Waals surface area contributed by atoms with E-state index in [1.807, 2.05) is 24.3 Å². The molecule has 6 nitrogen and oxygen atoms in total. The number of hydrogen-bond donors (Lipinski definition) is 2. The van der Waals surface area contributed by atoms with E-state index in [0.29, 0.717) is 12.1 Å². The number of imide groups is 1. The van der Waals surface area contributed by atoms with Crippen LogP contribution in [0.1, 0.15) is 45.7 Å². The average Bonchev–Trinajstić information content (AvgIpc) is 2.71. The zero-order valence-electron chi connectivity index (χ0n) is 14.9. The monoisotopic (exact) mass is 331 g/mol. The Hall–Kier alpha value is -2.37. The fraction of sp³-hybridized carbons (Fsp3) is 0.500. The summed E-state index contributed by atoms with van der Waals surface area (Å²) in [6.07, 6.45) is 0. The van der Waals surface area contributed by atoms with E-state index in [2.05, 4.69) is 31.4 Å². The van der Waals surface area contributed by atoms with Gasteiger partial charge in [0.15, 0.2) is 0 Å². The van der Waals surface area contributed by atoms with Gasteiger partial charge in [0.25, 0.3) is 5.91 Å². The summed E-state index contributed by atoms with van der Waals surface area (Å²) in [4.78, 5) is 37.5. The van der Waals surface area contributed by atoms with Crippen molar-refractivity contribution in [3.63, 3.8) is 0 Å². The van der Waals surface area contributed by atoms with Gasteiger partial charge in [-0.15, -0.1) is 0 Å². The van der Waals surface area contributed by atoms with E-state index in [-0.39, 0.29) is 17.9 Å². The number of rotatable bonds is 4. The van der Waals surface area contributed by atoms with Crippen LogP contribution >= 0.6 is 0 Å². The van der Waals surface area contributed by atoms with E-state index in [1.165, 1.54) is 0 Å². The molecule has 1 aliphatic heterocycles. The lowest BCUT2D eigenvalue weighted by Gasteiger charge is -2.24. The number of nitrogens with zero attached hydrogens (tertiary/aromatic N) is 1. The molecule has 6 heteroatoms. The highest BCUT2D eigenvalue weighted by Crippen LogP contribution is 2.30. The molecule has 2 N–H and O–H groups in total. The Morgan fingerprint density at radius 2 is 1.79 bits per heavy atom. The lowest BCUT2D eigenvalue weighted by molar-refractivity contribution is -0.134. The first kappa shape index (κ1) is 18.0. The molecule has 1 fully saturated rings. The van der Waals surface area contributed by atoms with Gasteiger partial charge in [-0.25, -0.2) is 4.79 Å². The molecule has 0 aromatic heterocycles. The molecule has 2 rings (SSSR count). The summed E-state index contributed by atoms with van der Waals surface area (Å²) in [5.41, 5.74) is 0.699. The van der Waals surface area contributed by atoms with Gasteiger partial charge in [0, 0.05) is 6.54 Å². The predicted octanol–water partition coefficient (Wildman–Crippen LogP) is 1.89. The number of hydrogen-bond acceptors (Lipinski definition) is 3. The lowest BCUT2D eigenvalue weighted by Crippen LogP contribution is -2.43. The highest BCUT2D eigenvalue weighted by molar-refractivity contribution is 6.09. The van der Waals surface area contributed by atoms with Crippen molar-refractivity contribution in [1.29, 1.82) is 0 Å². The van der Waals surface area contributed by atoms with Crippen molar-refractivity contribution in [2.75, 3.05) is 13.1 Å². The van der Waals surface area contributed by atoms with Crippen LogP contribution < -0.4 is 10.6 Å². The Bertz CT molecular complexity index is 661. The third-order valence-corrected chi connectivity index (χ3v) is 4.28. The number of urea groups is 1. The molecule has 0 unspecified atom stereocenters. The second kappa shape index (κ2) is 6.26. The second-order valence-electron chi connectivity index (χ2n) is 7.23. The number of carbonyl (C=O) groups is 3. The molecule has 24 heavy (non-hydrogen) atoms. The third-order valence-electron chi connectivity index (χ3n) is 4.28. The summed E-state index contributed by atoms with van der Waals surface area (Å²) in [7, 11) is 0. The molecule has 1 atom stereocenters. The minimum atomic E-state index is -1.15. The Kier molecular flexibility index (Phi) is 4.69. The van der Waals surface area contributed by atoms with Crippen molar-refractivity contribution in [3.8, 4) is 0 Å².